The van der Waals surface area contributed by atoms with Gasteiger partial charge in [0, 0.05) is 12.7 Å². The van der Waals surface area contributed by atoms with E-state index in [4.69, 9.17) is 10.6 Å². The number of nitrogens with one attached hydrogen (secondary N) is 1. The van der Waals surface area contributed by atoms with Gasteiger partial charge in [0.15, 0.2) is 0 Å². The normalized spacial score (nSPS) is 19.9. The van der Waals surface area contributed by atoms with Crippen LogP contribution >= 0.6 is 0 Å². The summed E-state index contributed by atoms with van der Waals surface area (Å²) in [5.41, 5.74) is 4.90. The van der Waals surface area contributed by atoms with Gasteiger partial charge in [-0.1, -0.05) is 25.3 Å². The van der Waals surface area contributed by atoms with E-state index >= 15 is 0 Å². The van der Waals surface area contributed by atoms with Crippen LogP contribution in [-0.4, -0.2) is 12.7 Å². The molecule has 2 rings (SSSR count). The third-order valence-electron chi connectivity index (χ3n) is 4.57. The maximum Gasteiger partial charge on any atom is 0.128 e. The van der Waals surface area contributed by atoms with Gasteiger partial charge in [-0.15, -0.1) is 0 Å². The highest BCUT2D eigenvalue weighted by molar-refractivity contribution is 5.36. The predicted octanol–water partition coefficient (Wildman–Crippen LogP) is 3.30. The van der Waals surface area contributed by atoms with Crippen molar-refractivity contribution in [2.75, 3.05) is 7.11 Å². The third-order valence-corrected chi connectivity index (χ3v) is 4.57. The number of nitrogens with two attached hydrogens (primary N) is 1. The number of halogens is 1. The standard InChI is InChI=1S/C16H25FN2O/c1-11-9-12(2)14(13(17)10-11)15(19-18)16(20-3)7-5-4-6-8-16/h9-10,15,19H,4-8,18H2,1-3H3. The van der Waals surface area contributed by atoms with Crippen molar-refractivity contribution in [1.29, 1.82) is 0 Å². The predicted molar refractivity (Wildman–Crippen MR) is 78.8 cm³/mol. The second kappa shape index (κ2) is 6.20. The van der Waals surface area contributed by atoms with Gasteiger partial charge in [-0.05, 0) is 43.9 Å². The Bertz CT molecular complexity index is 447. The number of ether oxygens (including phenoxy) is 1. The molecule has 0 bridgehead atoms. The lowest BCUT2D eigenvalue weighted by Gasteiger charge is -2.43. The largest absolute Gasteiger partial charge is 0.376 e. The number of aryl methyl sites for hydroxylation is 2. The van der Waals surface area contributed by atoms with E-state index in [1.807, 2.05) is 19.9 Å². The molecule has 0 radical (unpaired) electrons. The first-order chi connectivity index (χ1) is 9.54. The fourth-order valence-electron chi connectivity index (χ4n) is 3.55. The number of hydrogen-bond acceptors (Lipinski definition) is 3. The van der Waals surface area contributed by atoms with Crippen molar-refractivity contribution < 1.29 is 9.13 Å². The first-order valence-corrected chi connectivity index (χ1v) is 7.32. The van der Waals surface area contributed by atoms with Gasteiger partial charge in [0.05, 0.1) is 11.6 Å². The van der Waals surface area contributed by atoms with Gasteiger partial charge in [-0.3, -0.25) is 5.84 Å². The molecule has 1 aromatic carbocycles. The topological polar surface area (TPSA) is 47.3 Å². The molecule has 0 aromatic heterocycles. The number of rotatable bonds is 4. The lowest BCUT2D eigenvalue weighted by atomic mass is 9.75. The summed E-state index contributed by atoms with van der Waals surface area (Å²) in [6, 6.07) is 3.25. The van der Waals surface area contributed by atoms with Crippen molar-refractivity contribution in [3.05, 3.63) is 34.6 Å². The average molecular weight is 280 g/mol. The number of hydrazine groups is 1. The molecule has 4 heteroatoms. The quantitative estimate of drug-likeness (QED) is 0.657. The summed E-state index contributed by atoms with van der Waals surface area (Å²) in [4.78, 5) is 0. The monoisotopic (exact) mass is 280 g/mol. The molecular formula is C16H25FN2O. The van der Waals surface area contributed by atoms with Crippen molar-refractivity contribution in [1.82, 2.24) is 5.43 Å². The second-order valence-corrected chi connectivity index (χ2v) is 5.91. The highest BCUT2D eigenvalue weighted by Crippen LogP contribution is 2.42. The number of benzene rings is 1. The molecule has 0 amide bonds. The molecule has 1 unspecified atom stereocenters. The van der Waals surface area contributed by atoms with Crippen molar-refractivity contribution in [2.45, 2.75) is 57.6 Å². The summed E-state index contributed by atoms with van der Waals surface area (Å²) in [5, 5.41) is 0. The summed E-state index contributed by atoms with van der Waals surface area (Å²) in [5.74, 6) is 5.57. The molecule has 3 nitrogen and oxygen atoms in total. The summed E-state index contributed by atoms with van der Waals surface area (Å²) >= 11 is 0. The van der Waals surface area contributed by atoms with Gasteiger partial charge < -0.3 is 4.74 Å². The third kappa shape index (κ3) is 2.73. The van der Waals surface area contributed by atoms with Gasteiger partial charge in [-0.25, -0.2) is 9.82 Å². The van der Waals surface area contributed by atoms with Crippen molar-refractivity contribution in [3.8, 4) is 0 Å². The molecular weight excluding hydrogens is 255 g/mol. The van der Waals surface area contributed by atoms with E-state index < -0.39 is 5.60 Å². The van der Waals surface area contributed by atoms with Gasteiger partial charge in [0.1, 0.15) is 5.82 Å². The molecule has 20 heavy (non-hydrogen) atoms. The van der Waals surface area contributed by atoms with E-state index in [1.54, 1.807) is 13.2 Å². The van der Waals surface area contributed by atoms with E-state index in [2.05, 4.69) is 5.43 Å². The van der Waals surface area contributed by atoms with Gasteiger partial charge in [-0.2, -0.15) is 0 Å². The molecule has 0 spiro atoms. The zero-order valence-electron chi connectivity index (χ0n) is 12.6. The van der Waals surface area contributed by atoms with E-state index in [0.29, 0.717) is 5.56 Å². The molecule has 1 atom stereocenters. The Morgan fingerprint density at radius 1 is 1.25 bits per heavy atom. The molecule has 0 aliphatic heterocycles. The van der Waals surface area contributed by atoms with Crippen LogP contribution in [0.1, 0.15) is 54.8 Å². The lowest BCUT2D eigenvalue weighted by molar-refractivity contribution is -0.0697. The fraction of sp³-hybridized carbons (Fsp3) is 0.625. The van der Waals surface area contributed by atoms with Gasteiger partial charge in [0.25, 0.3) is 0 Å². The Balaban J connectivity index is 2.46. The van der Waals surface area contributed by atoms with Crippen molar-refractivity contribution >= 4 is 0 Å². The molecule has 112 valence electrons. The molecule has 1 aliphatic carbocycles. The van der Waals surface area contributed by atoms with Crippen LogP contribution in [0.5, 0.6) is 0 Å². The Morgan fingerprint density at radius 2 is 1.90 bits per heavy atom. The van der Waals surface area contributed by atoms with E-state index in [0.717, 1.165) is 36.8 Å². The van der Waals surface area contributed by atoms with E-state index in [-0.39, 0.29) is 11.9 Å². The summed E-state index contributed by atoms with van der Waals surface area (Å²) < 4.78 is 20.3. The van der Waals surface area contributed by atoms with Crippen LogP contribution in [0.4, 0.5) is 4.39 Å². The number of hydrogen-bond donors (Lipinski definition) is 2. The summed E-state index contributed by atoms with van der Waals surface area (Å²) in [7, 11) is 1.71. The van der Waals surface area contributed by atoms with Crippen LogP contribution < -0.4 is 11.3 Å². The number of methoxy groups -OCH3 is 1. The van der Waals surface area contributed by atoms with Crippen molar-refractivity contribution in [3.63, 3.8) is 0 Å². The van der Waals surface area contributed by atoms with Crippen LogP contribution in [0.2, 0.25) is 0 Å². The minimum Gasteiger partial charge on any atom is -0.376 e. The van der Waals surface area contributed by atoms with E-state index in [9.17, 15) is 4.39 Å². The molecule has 1 aliphatic rings. The minimum atomic E-state index is -0.409. The fourth-order valence-corrected chi connectivity index (χ4v) is 3.55. The first kappa shape index (κ1) is 15.4. The molecule has 1 saturated carbocycles. The van der Waals surface area contributed by atoms with Gasteiger partial charge >= 0.3 is 0 Å². The maximum atomic E-state index is 14.5. The molecule has 3 N–H and O–H groups in total. The Labute approximate surface area is 120 Å². The zero-order chi connectivity index (χ0) is 14.8. The highest BCUT2D eigenvalue weighted by Gasteiger charge is 2.42. The Hall–Kier alpha value is -0.970. The average Bonchev–Trinajstić information content (AvgIpc) is 2.43. The van der Waals surface area contributed by atoms with Crippen molar-refractivity contribution in [2.24, 2.45) is 5.84 Å². The highest BCUT2D eigenvalue weighted by atomic mass is 19.1. The van der Waals surface area contributed by atoms with E-state index in [1.165, 1.54) is 6.42 Å². The summed E-state index contributed by atoms with van der Waals surface area (Å²) in [6.07, 6.45) is 5.21. The summed E-state index contributed by atoms with van der Waals surface area (Å²) in [6.45, 7) is 3.83. The van der Waals surface area contributed by atoms with Crippen LogP contribution in [0.3, 0.4) is 0 Å². The SMILES string of the molecule is COC1(C(NN)c2c(C)cc(C)cc2F)CCCCC1. The maximum absolute atomic E-state index is 14.5. The van der Waals surface area contributed by atoms with Gasteiger partial charge in [0.2, 0.25) is 0 Å². The van der Waals surface area contributed by atoms with Crippen LogP contribution in [-0.2, 0) is 4.74 Å². The molecule has 1 aromatic rings. The lowest BCUT2D eigenvalue weighted by Crippen LogP contribution is -2.49. The smallest absolute Gasteiger partial charge is 0.128 e. The zero-order valence-corrected chi connectivity index (χ0v) is 12.6. The van der Waals surface area contributed by atoms with Crippen LogP contribution in [0, 0.1) is 19.7 Å². The molecule has 0 saturated heterocycles. The molecule has 1 fully saturated rings. The van der Waals surface area contributed by atoms with Crippen LogP contribution in [0.15, 0.2) is 12.1 Å². The second-order valence-electron chi connectivity index (χ2n) is 5.91. The van der Waals surface area contributed by atoms with Crippen LogP contribution in [0.25, 0.3) is 0 Å². The Morgan fingerprint density at radius 3 is 2.40 bits per heavy atom. The Kier molecular flexibility index (Phi) is 4.78. The molecule has 0 heterocycles. The first-order valence-electron chi connectivity index (χ1n) is 7.32. The minimum absolute atomic E-state index is 0.201.